The summed E-state index contributed by atoms with van der Waals surface area (Å²) in [7, 11) is 4.96. The number of hydrogen-bond acceptors (Lipinski definition) is 9. The second-order valence-electron chi connectivity index (χ2n) is 6.96. The molecule has 30 heavy (non-hydrogen) atoms. The molecule has 1 saturated heterocycles. The number of ether oxygens (including phenoxy) is 2. The van der Waals surface area contributed by atoms with Crippen LogP contribution in [0.2, 0.25) is 0 Å². The highest BCUT2D eigenvalue weighted by atomic mass is 16.5. The monoisotopic (exact) mass is 412 g/mol. The summed E-state index contributed by atoms with van der Waals surface area (Å²) < 4.78 is 12.2. The summed E-state index contributed by atoms with van der Waals surface area (Å²) in [6.45, 7) is 3.22. The Labute approximate surface area is 173 Å². The molecule has 3 aromatic rings. The Morgan fingerprint density at radius 2 is 1.93 bits per heavy atom. The van der Waals surface area contributed by atoms with Gasteiger partial charge in [-0.25, -0.2) is 14.6 Å². The van der Waals surface area contributed by atoms with Crippen molar-refractivity contribution in [3.8, 4) is 11.5 Å². The molecule has 0 bridgehead atoms. The van der Waals surface area contributed by atoms with Crippen LogP contribution in [-0.4, -0.2) is 82.7 Å². The van der Waals surface area contributed by atoms with Gasteiger partial charge in [-0.05, 0) is 12.1 Å². The number of piperazine rings is 1. The van der Waals surface area contributed by atoms with Gasteiger partial charge in [0.05, 0.1) is 26.5 Å². The zero-order valence-electron chi connectivity index (χ0n) is 17.2. The molecule has 3 heterocycles. The Hall–Kier alpha value is -3.47. The summed E-state index contributed by atoms with van der Waals surface area (Å²) in [5.41, 5.74) is 1.98. The molecule has 0 saturated carbocycles. The minimum Gasteiger partial charge on any atom is -0.497 e. The molecule has 1 aliphatic heterocycles. The average molecular weight is 412 g/mol. The van der Waals surface area contributed by atoms with E-state index >= 15 is 0 Å². The van der Waals surface area contributed by atoms with Crippen molar-refractivity contribution in [2.75, 3.05) is 57.2 Å². The lowest BCUT2D eigenvalue weighted by molar-refractivity contribution is -0.117. The number of hydrogen-bond donors (Lipinski definition) is 1. The molecule has 2 aromatic heterocycles. The van der Waals surface area contributed by atoms with Gasteiger partial charge in [-0.1, -0.05) is 5.21 Å². The molecular formula is C19H24N8O3. The third-order valence-electron chi connectivity index (χ3n) is 5.09. The molecule has 1 amide bonds. The van der Waals surface area contributed by atoms with E-state index in [1.165, 1.54) is 6.33 Å². The number of carbonyl (C=O) groups excluding carboxylic acids is 1. The molecule has 11 heteroatoms. The third kappa shape index (κ3) is 3.96. The molecule has 1 aromatic carbocycles. The molecule has 0 radical (unpaired) electrons. The van der Waals surface area contributed by atoms with Crippen LogP contribution in [-0.2, 0) is 11.8 Å². The summed E-state index contributed by atoms with van der Waals surface area (Å²) >= 11 is 0. The highest BCUT2D eigenvalue weighted by molar-refractivity contribution is 5.94. The summed E-state index contributed by atoms with van der Waals surface area (Å²) in [5.74, 6) is 1.91. The average Bonchev–Trinajstić information content (AvgIpc) is 3.15. The van der Waals surface area contributed by atoms with Gasteiger partial charge in [-0.15, -0.1) is 5.10 Å². The molecule has 158 valence electrons. The normalized spacial score (nSPS) is 14.7. The molecule has 0 atom stereocenters. The van der Waals surface area contributed by atoms with Crippen LogP contribution in [0.5, 0.6) is 11.5 Å². The maximum atomic E-state index is 12.6. The molecule has 0 aliphatic carbocycles. The van der Waals surface area contributed by atoms with E-state index in [9.17, 15) is 4.79 Å². The number of nitrogens with zero attached hydrogens (tertiary/aromatic N) is 7. The lowest BCUT2D eigenvalue weighted by Crippen LogP contribution is -2.49. The van der Waals surface area contributed by atoms with Crippen LogP contribution in [0.15, 0.2) is 24.5 Å². The van der Waals surface area contributed by atoms with Crippen molar-refractivity contribution in [1.29, 1.82) is 0 Å². The van der Waals surface area contributed by atoms with Crippen LogP contribution in [0, 0.1) is 0 Å². The maximum Gasteiger partial charge on any atom is 0.238 e. The molecule has 1 fully saturated rings. The van der Waals surface area contributed by atoms with Crippen LogP contribution in [0.4, 0.5) is 11.5 Å². The molecule has 1 aliphatic rings. The summed E-state index contributed by atoms with van der Waals surface area (Å²) in [4.78, 5) is 25.5. The van der Waals surface area contributed by atoms with Gasteiger partial charge in [-0.3, -0.25) is 9.69 Å². The molecular weight excluding hydrogens is 388 g/mol. The smallest absolute Gasteiger partial charge is 0.238 e. The SMILES string of the molecule is COc1ccc(OC)c(NC(=O)CN2CCN(c3ncnc4c3nnn4C)CC2)c1. The topological polar surface area (TPSA) is 111 Å². The predicted molar refractivity (Wildman–Crippen MR) is 111 cm³/mol. The fourth-order valence-electron chi connectivity index (χ4n) is 3.49. The second-order valence-corrected chi connectivity index (χ2v) is 6.96. The van der Waals surface area contributed by atoms with Crippen LogP contribution in [0.1, 0.15) is 0 Å². The Morgan fingerprint density at radius 3 is 2.67 bits per heavy atom. The fourth-order valence-corrected chi connectivity index (χ4v) is 3.49. The minimum atomic E-state index is -0.103. The second kappa shape index (κ2) is 8.49. The highest BCUT2D eigenvalue weighted by Gasteiger charge is 2.23. The quantitative estimate of drug-likeness (QED) is 0.620. The van der Waals surface area contributed by atoms with Gasteiger partial charge >= 0.3 is 0 Å². The van der Waals surface area contributed by atoms with Crippen molar-refractivity contribution in [3.63, 3.8) is 0 Å². The molecule has 11 nitrogen and oxygen atoms in total. The molecule has 4 rings (SSSR count). The lowest BCUT2D eigenvalue weighted by Gasteiger charge is -2.34. The molecule has 0 spiro atoms. The zero-order valence-corrected chi connectivity index (χ0v) is 17.2. The first-order valence-electron chi connectivity index (χ1n) is 9.58. The maximum absolute atomic E-state index is 12.6. The van der Waals surface area contributed by atoms with Crippen molar-refractivity contribution in [1.82, 2.24) is 29.9 Å². The first kappa shape index (κ1) is 19.8. The Morgan fingerprint density at radius 1 is 1.13 bits per heavy atom. The van der Waals surface area contributed by atoms with Gasteiger partial charge in [-0.2, -0.15) is 0 Å². The van der Waals surface area contributed by atoms with Crippen LogP contribution in [0.3, 0.4) is 0 Å². The van der Waals surface area contributed by atoms with Gasteiger partial charge in [0.2, 0.25) is 5.91 Å². The fraction of sp³-hybridized carbons (Fsp3) is 0.421. The van der Waals surface area contributed by atoms with Crippen molar-refractivity contribution in [3.05, 3.63) is 24.5 Å². The van der Waals surface area contributed by atoms with Crippen molar-refractivity contribution >= 4 is 28.6 Å². The van der Waals surface area contributed by atoms with Crippen molar-refractivity contribution < 1.29 is 14.3 Å². The first-order valence-corrected chi connectivity index (χ1v) is 9.58. The van der Waals surface area contributed by atoms with E-state index < -0.39 is 0 Å². The lowest BCUT2D eigenvalue weighted by atomic mass is 10.2. The number of amides is 1. The van der Waals surface area contributed by atoms with E-state index in [0.29, 0.717) is 34.9 Å². The summed E-state index contributed by atoms with van der Waals surface area (Å²) in [6.07, 6.45) is 1.53. The molecule has 0 unspecified atom stereocenters. The van der Waals surface area contributed by atoms with Gasteiger partial charge in [0.15, 0.2) is 17.0 Å². The van der Waals surface area contributed by atoms with Gasteiger partial charge in [0, 0.05) is 39.3 Å². The molecule has 1 N–H and O–H groups in total. The van der Waals surface area contributed by atoms with Crippen molar-refractivity contribution in [2.45, 2.75) is 0 Å². The summed E-state index contributed by atoms with van der Waals surface area (Å²) in [6, 6.07) is 5.30. The number of carbonyl (C=O) groups is 1. The Balaban J connectivity index is 1.36. The van der Waals surface area contributed by atoms with E-state index in [1.807, 2.05) is 0 Å². The zero-order chi connectivity index (χ0) is 21.1. The first-order chi connectivity index (χ1) is 14.6. The minimum absolute atomic E-state index is 0.103. The summed E-state index contributed by atoms with van der Waals surface area (Å²) in [5, 5.41) is 11.1. The van der Waals surface area contributed by atoms with Gasteiger partial charge < -0.3 is 19.7 Å². The Kier molecular flexibility index (Phi) is 5.61. The van der Waals surface area contributed by atoms with Crippen LogP contribution < -0.4 is 19.7 Å². The number of anilines is 2. The van der Waals surface area contributed by atoms with E-state index in [0.717, 1.165) is 32.0 Å². The number of benzene rings is 1. The largest absolute Gasteiger partial charge is 0.497 e. The van der Waals surface area contributed by atoms with E-state index in [4.69, 9.17) is 9.47 Å². The van der Waals surface area contributed by atoms with E-state index in [1.54, 1.807) is 44.1 Å². The highest BCUT2D eigenvalue weighted by Crippen LogP contribution is 2.29. The van der Waals surface area contributed by atoms with Crippen LogP contribution >= 0.6 is 0 Å². The Bertz CT molecular complexity index is 1050. The number of methoxy groups -OCH3 is 2. The van der Waals surface area contributed by atoms with Gasteiger partial charge in [0.25, 0.3) is 0 Å². The number of rotatable bonds is 6. The predicted octanol–water partition coefficient (Wildman–Crippen LogP) is 0.536. The van der Waals surface area contributed by atoms with Gasteiger partial charge in [0.1, 0.15) is 17.8 Å². The van der Waals surface area contributed by atoms with E-state index in [2.05, 4.69) is 35.4 Å². The van der Waals surface area contributed by atoms with Crippen molar-refractivity contribution in [2.24, 2.45) is 7.05 Å². The number of aromatic nitrogens is 5. The third-order valence-corrected chi connectivity index (χ3v) is 5.09. The van der Waals surface area contributed by atoms with Crippen LogP contribution in [0.25, 0.3) is 11.2 Å². The van der Waals surface area contributed by atoms with E-state index in [-0.39, 0.29) is 5.91 Å². The number of nitrogens with one attached hydrogen (secondary N) is 1. The number of aryl methyl sites for hydroxylation is 1. The standard InChI is InChI=1S/C19H24N8O3/c1-25-18-17(23-24-25)19(21-12-20-18)27-8-6-26(7-9-27)11-16(28)22-14-10-13(29-2)4-5-15(14)30-3/h4-5,10,12H,6-9,11H2,1-3H3,(H,22,28). The number of fused-ring (bicyclic) bond motifs is 1.